The quantitative estimate of drug-likeness (QED) is 0.638. The number of benzene rings is 3. The molecule has 0 spiro atoms. The minimum atomic E-state index is 0.335. The second-order valence-electron chi connectivity index (χ2n) is 5.27. The summed E-state index contributed by atoms with van der Waals surface area (Å²) in [5.74, 6) is 0. The van der Waals surface area contributed by atoms with Gasteiger partial charge in [-0.05, 0) is 29.8 Å². The summed E-state index contributed by atoms with van der Waals surface area (Å²) in [6.07, 6.45) is 0. The molecule has 1 nitrogen and oxygen atoms in total. The lowest BCUT2D eigenvalue weighted by molar-refractivity contribution is 0.810. The average Bonchev–Trinajstić information content (AvgIpc) is 2.61. The fraction of sp³-hybridized carbons (Fsp3) is 0.100. The Hall–Kier alpha value is -2.32. The third-order valence-electron chi connectivity index (χ3n) is 3.73. The number of anilines is 1. The molecule has 3 aromatic carbocycles. The summed E-state index contributed by atoms with van der Waals surface area (Å²) >= 11 is 0. The van der Waals surface area contributed by atoms with Crippen LogP contribution in [0.5, 0.6) is 0 Å². The molecule has 0 fully saturated rings. The van der Waals surface area contributed by atoms with Gasteiger partial charge in [0.1, 0.15) is 0 Å². The molecule has 0 aliphatic carbocycles. The summed E-state index contributed by atoms with van der Waals surface area (Å²) < 4.78 is 2.48. The predicted octanol–water partition coefficient (Wildman–Crippen LogP) is 4.20. The highest BCUT2D eigenvalue weighted by molar-refractivity contribution is 6.57. The van der Waals surface area contributed by atoms with Crippen molar-refractivity contribution in [1.82, 2.24) is 0 Å². The molecule has 3 aromatic rings. The van der Waals surface area contributed by atoms with E-state index in [2.05, 4.69) is 102 Å². The van der Waals surface area contributed by atoms with Gasteiger partial charge in [-0.15, -0.1) is 0 Å². The SMILES string of the molecule is CC(c1ccccc1)N([Si]c1ccccc1)c1ccccc1. The molecule has 0 saturated carbocycles. The zero-order chi connectivity index (χ0) is 15.2. The Morgan fingerprint density at radius 3 is 1.77 bits per heavy atom. The molecule has 3 rings (SSSR count). The molecule has 108 valence electrons. The van der Waals surface area contributed by atoms with Gasteiger partial charge in [0.05, 0.1) is 0 Å². The maximum absolute atomic E-state index is 2.48. The van der Waals surface area contributed by atoms with E-state index >= 15 is 0 Å². The lowest BCUT2D eigenvalue weighted by Crippen LogP contribution is -2.38. The Balaban J connectivity index is 1.93. The van der Waals surface area contributed by atoms with Gasteiger partial charge in [0.2, 0.25) is 9.68 Å². The summed E-state index contributed by atoms with van der Waals surface area (Å²) in [7, 11) is 0.612. The first-order valence-electron chi connectivity index (χ1n) is 7.55. The third-order valence-corrected chi connectivity index (χ3v) is 5.20. The smallest absolute Gasteiger partial charge is 0.222 e. The summed E-state index contributed by atoms with van der Waals surface area (Å²) in [5, 5.41) is 1.36. The van der Waals surface area contributed by atoms with E-state index in [1.54, 1.807) is 0 Å². The lowest BCUT2D eigenvalue weighted by Gasteiger charge is -2.31. The van der Waals surface area contributed by atoms with E-state index in [0.717, 1.165) is 0 Å². The Bertz CT molecular complexity index is 683. The first-order valence-corrected chi connectivity index (χ1v) is 8.50. The zero-order valence-corrected chi connectivity index (χ0v) is 13.7. The fourth-order valence-electron chi connectivity index (χ4n) is 2.51. The number of para-hydroxylation sites is 1. The van der Waals surface area contributed by atoms with E-state index in [0.29, 0.717) is 15.7 Å². The molecule has 0 aliphatic heterocycles. The fourth-order valence-corrected chi connectivity index (χ4v) is 3.75. The molecule has 0 N–H and O–H groups in total. The standard InChI is InChI=1S/C20H19NSi/c1-17(18-11-5-2-6-12-18)21(19-13-7-3-8-14-19)22-20-15-9-4-10-16-20/h2-17H,1H3. The first-order chi connectivity index (χ1) is 10.8. The monoisotopic (exact) mass is 301 g/mol. The van der Waals surface area contributed by atoms with E-state index in [1.807, 2.05) is 0 Å². The van der Waals surface area contributed by atoms with Gasteiger partial charge < -0.3 is 4.57 Å². The van der Waals surface area contributed by atoms with Crippen LogP contribution in [0.4, 0.5) is 5.69 Å². The minimum absolute atomic E-state index is 0.335. The van der Waals surface area contributed by atoms with Crippen LogP contribution in [0.3, 0.4) is 0 Å². The van der Waals surface area contributed by atoms with Gasteiger partial charge in [-0.25, -0.2) is 0 Å². The number of hydrogen-bond acceptors (Lipinski definition) is 1. The Kier molecular flexibility index (Phi) is 4.71. The van der Waals surface area contributed by atoms with Crippen molar-refractivity contribution < 1.29 is 0 Å². The van der Waals surface area contributed by atoms with Crippen LogP contribution in [0.25, 0.3) is 0 Å². The molecule has 1 unspecified atom stereocenters. The average molecular weight is 301 g/mol. The number of hydrogen-bond donors (Lipinski definition) is 0. The van der Waals surface area contributed by atoms with E-state index in [-0.39, 0.29) is 0 Å². The molecule has 0 aliphatic rings. The van der Waals surface area contributed by atoms with Crippen LogP contribution >= 0.6 is 0 Å². The van der Waals surface area contributed by atoms with Crippen LogP contribution in [0, 0.1) is 0 Å². The molecule has 1 atom stereocenters. The molecular formula is C20H19NSi. The summed E-state index contributed by atoms with van der Waals surface area (Å²) in [5.41, 5.74) is 2.61. The highest BCUT2D eigenvalue weighted by Gasteiger charge is 2.17. The normalized spacial score (nSPS) is 11.9. The van der Waals surface area contributed by atoms with Crippen molar-refractivity contribution in [3.05, 3.63) is 96.6 Å². The molecule has 0 bridgehead atoms. The van der Waals surface area contributed by atoms with Crippen molar-refractivity contribution >= 4 is 20.6 Å². The van der Waals surface area contributed by atoms with E-state index in [9.17, 15) is 0 Å². The second-order valence-corrected chi connectivity index (χ2v) is 6.55. The largest absolute Gasteiger partial charge is 0.388 e. The number of rotatable bonds is 5. The highest BCUT2D eigenvalue weighted by atomic mass is 28.2. The Morgan fingerprint density at radius 2 is 1.18 bits per heavy atom. The van der Waals surface area contributed by atoms with E-state index < -0.39 is 0 Å². The maximum atomic E-state index is 2.48. The summed E-state index contributed by atoms with van der Waals surface area (Å²) in [6.45, 7) is 2.28. The third kappa shape index (κ3) is 3.46. The van der Waals surface area contributed by atoms with Gasteiger partial charge in [-0.2, -0.15) is 0 Å². The Morgan fingerprint density at radius 1 is 0.682 bits per heavy atom. The van der Waals surface area contributed by atoms with Gasteiger partial charge in [-0.3, -0.25) is 0 Å². The molecule has 2 radical (unpaired) electrons. The first kappa shape index (κ1) is 14.6. The molecule has 0 aromatic heterocycles. The summed E-state index contributed by atoms with van der Waals surface area (Å²) in [4.78, 5) is 0. The van der Waals surface area contributed by atoms with Gasteiger partial charge in [0, 0.05) is 11.7 Å². The van der Waals surface area contributed by atoms with Crippen molar-refractivity contribution in [2.24, 2.45) is 0 Å². The van der Waals surface area contributed by atoms with Gasteiger partial charge in [0.25, 0.3) is 0 Å². The second kappa shape index (κ2) is 7.10. The van der Waals surface area contributed by atoms with Gasteiger partial charge >= 0.3 is 0 Å². The van der Waals surface area contributed by atoms with Crippen LogP contribution in [-0.4, -0.2) is 9.68 Å². The maximum Gasteiger partial charge on any atom is 0.222 e. The molecule has 0 amide bonds. The van der Waals surface area contributed by atoms with Crippen LogP contribution < -0.4 is 9.75 Å². The zero-order valence-electron chi connectivity index (χ0n) is 12.7. The van der Waals surface area contributed by atoms with Crippen molar-refractivity contribution in [2.75, 3.05) is 4.57 Å². The van der Waals surface area contributed by atoms with Crippen molar-refractivity contribution in [1.29, 1.82) is 0 Å². The van der Waals surface area contributed by atoms with Crippen LogP contribution in [0.2, 0.25) is 0 Å². The van der Waals surface area contributed by atoms with Crippen LogP contribution in [0.15, 0.2) is 91.0 Å². The van der Waals surface area contributed by atoms with Crippen molar-refractivity contribution in [3.8, 4) is 0 Å². The lowest BCUT2D eigenvalue weighted by atomic mass is 10.1. The van der Waals surface area contributed by atoms with Crippen molar-refractivity contribution in [3.63, 3.8) is 0 Å². The molecule has 2 heteroatoms. The molecule has 22 heavy (non-hydrogen) atoms. The van der Waals surface area contributed by atoms with Crippen molar-refractivity contribution in [2.45, 2.75) is 13.0 Å². The summed E-state index contributed by atoms with van der Waals surface area (Å²) in [6, 6.07) is 32.4. The topological polar surface area (TPSA) is 3.24 Å². The van der Waals surface area contributed by atoms with Gasteiger partial charge in [-0.1, -0.05) is 78.9 Å². The highest BCUT2D eigenvalue weighted by Crippen LogP contribution is 2.25. The van der Waals surface area contributed by atoms with Crippen LogP contribution in [-0.2, 0) is 0 Å². The Labute approximate surface area is 135 Å². The minimum Gasteiger partial charge on any atom is -0.388 e. The van der Waals surface area contributed by atoms with E-state index in [1.165, 1.54) is 16.4 Å². The molecule has 0 heterocycles. The van der Waals surface area contributed by atoms with Gasteiger partial charge in [0.15, 0.2) is 0 Å². The van der Waals surface area contributed by atoms with E-state index in [4.69, 9.17) is 0 Å². The molecule has 0 saturated heterocycles. The number of nitrogens with zero attached hydrogens (tertiary/aromatic N) is 1. The molecular weight excluding hydrogens is 282 g/mol. The predicted molar refractivity (Wildman–Crippen MR) is 95.6 cm³/mol. The van der Waals surface area contributed by atoms with Crippen LogP contribution in [0.1, 0.15) is 18.5 Å².